The average molecular weight is 945 g/mol. The Balaban J connectivity index is 3.44. The summed E-state index contributed by atoms with van der Waals surface area (Å²) in [6.07, 6.45) is 69.1. The molecule has 0 rings (SSSR count). The van der Waals surface area contributed by atoms with E-state index < -0.39 is 12.1 Å². The van der Waals surface area contributed by atoms with Crippen LogP contribution in [-0.2, 0) is 14.3 Å². The van der Waals surface area contributed by atoms with Gasteiger partial charge in [-0.25, -0.2) is 0 Å². The number of unbranched alkanes of at least 4 members (excludes halogenated alkanes) is 41. The number of carbonyl (C=O) groups is 2. The molecule has 6 nitrogen and oxygen atoms in total. The minimum absolute atomic E-state index is 0.0320. The number of allylic oxidation sites excluding steroid dienone is 3. The monoisotopic (exact) mass is 944 g/mol. The Kier molecular flexibility index (Phi) is 55.5. The quantitative estimate of drug-likeness (QED) is 0.0321. The van der Waals surface area contributed by atoms with E-state index in [9.17, 15) is 19.8 Å². The van der Waals surface area contributed by atoms with Crippen LogP contribution < -0.4 is 5.32 Å². The van der Waals surface area contributed by atoms with Gasteiger partial charge in [-0.3, -0.25) is 9.59 Å². The molecule has 6 heteroatoms. The summed E-state index contributed by atoms with van der Waals surface area (Å²) in [5.41, 5.74) is 0. The van der Waals surface area contributed by atoms with Crippen LogP contribution in [0.1, 0.15) is 328 Å². The van der Waals surface area contributed by atoms with E-state index >= 15 is 0 Å². The predicted octanol–water partition coefficient (Wildman–Crippen LogP) is 18.6. The summed E-state index contributed by atoms with van der Waals surface area (Å²) in [5, 5.41) is 23.3. The van der Waals surface area contributed by atoms with Gasteiger partial charge in [-0.2, -0.15) is 0 Å². The van der Waals surface area contributed by atoms with Crippen molar-refractivity contribution < 1.29 is 24.5 Å². The maximum atomic E-state index is 12.5. The zero-order chi connectivity index (χ0) is 48.6. The van der Waals surface area contributed by atoms with E-state index in [1.807, 2.05) is 0 Å². The molecular formula is C61H117NO5. The number of carbonyl (C=O) groups excluding carboxylic acids is 2. The second-order valence-corrected chi connectivity index (χ2v) is 20.7. The normalized spacial score (nSPS) is 12.7. The van der Waals surface area contributed by atoms with Crippen molar-refractivity contribution in [3.05, 3.63) is 24.3 Å². The number of esters is 1. The standard InChI is InChI=1S/C61H117NO5/c1-3-5-7-9-11-13-15-17-26-31-35-39-43-47-51-55-61(66)67-56-52-48-44-40-36-32-28-25-23-21-19-20-22-24-27-30-34-38-42-46-50-54-60(65)62-58(57-63)59(64)53-49-45-41-37-33-29-18-16-14-12-10-8-6-4-2/h32,36,44,48,58-59,63-64H,3-31,33-35,37-43,45-47,49-57H2,1-2H3,(H,62,65)/b36-32-,48-44-. The highest BCUT2D eigenvalue weighted by Crippen LogP contribution is 2.18. The highest BCUT2D eigenvalue weighted by atomic mass is 16.5. The van der Waals surface area contributed by atoms with Gasteiger partial charge in [0.05, 0.1) is 25.4 Å². The second kappa shape index (κ2) is 56.9. The van der Waals surface area contributed by atoms with Gasteiger partial charge in [0.2, 0.25) is 5.91 Å². The van der Waals surface area contributed by atoms with Gasteiger partial charge in [0.25, 0.3) is 0 Å². The molecule has 0 fully saturated rings. The smallest absolute Gasteiger partial charge is 0.305 e. The van der Waals surface area contributed by atoms with Gasteiger partial charge in [-0.1, -0.05) is 295 Å². The third kappa shape index (κ3) is 53.5. The zero-order valence-corrected chi connectivity index (χ0v) is 45.1. The summed E-state index contributed by atoms with van der Waals surface area (Å²) in [6.45, 7) is 4.86. The Bertz CT molecular complexity index is 1040. The first kappa shape index (κ1) is 65.3. The first-order valence-electron chi connectivity index (χ1n) is 30.1. The fraction of sp³-hybridized carbons (Fsp3) is 0.902. The molecule has 0 aliphatic rings. The molecule has 0 spiro atoms. The van der Waals surface area contributed by atoms with Crippen molar-refractivity contribution >= 4 is 11.9 Å². The van der Waals surface area contributed by atoms with Crippen LogP contribution in [0.25, 0.3) is 0 Å². The molecule has 0 aromatic heterocycles. The predicted molar refractivity (Wildman–Crippen MR) is 292 cm³/mol. The molecule has 67 heavy (non-hydrogen) atoms. The highest BCUT2D eigenvalue weighted by Gasteiger charge is 2.20. The minimum Gasteiger partial charge on any atom is -0.465 e. The van der Waals surface area contributed by atoms with Crippen LogP contribution >= 0.6 is 0 Å². The van der Waals surface area contributed by atoms with E-state index in [4.69, 9.17) is 4.74 Å². The molecule has 0 radical (unpaired) electrons. The molecule has 396 valence electrons. The van der Waals surface area contributed by atoms with Gasteiger partial charge < -0.3 is 20.3 Å². The molecule has 0 saturated heterocycles. The molecule has 1 amide bonds. The van der Waals surface area contributed by atoms with Crippen molar-refractivity contribution in [2.75, 3.05) is 13.2 Å². The first-order chi connectivity index (χ1) is 33.0. The van der Waals surface area contributed by atoms with Crippen LogP contribution in [0, 0.1) is 0 Å². The van der Waals surface area contributed by atoms with E-state index in [1.54, 1.807) is 0 Å². The Morgan fingerprint density at radius 2 is 0.746 bits per heavy atom. The lowest BCUT2D eigenvalue weighted by Crippen LogP contribution is -2.45. The van der Waals surface area contributed by atoms with Crippen LogP contribution in [0.15, 0.2) is 24.3 Å². The molecule has 0 aliphatic carbocycles. The van der Waals surface area contributed by atoms with Crippen molar-refractivity contribution in [3.8, 4) is 0 Å². The maximum Gasteiger partial charge on any atom is 0.305 e. The number of nitrogens with one attached hydrogen (secondary N) is 1. The van der Waals surface area contributed by atoms with E-state index in [1.165, 1.54) is 244 Å². The van der Waals surface area contributed by atoms with Crippen molar-refractivity contribution in [3.63, 3.8) is 0 Å². The van der Waals surface area contributed by atoms with Crippen LogP contribution in [-0.4, -0.2) is 47.4 Å². The number of amides is 1. The van der Waals surface area contributed by atoms with E-state index in [-0.39, 0.29) is 18.5 Å². The number of ether oxygens (including phenoxy) is 1. The number of hydrogen-bond acceptors (Lipinski definition) is 5. The van der Waals surface area contributed by atoms with Gasteiger partial charge >= 0.3 is 5.97 Å². The number of aliphatic hydroxyl groups excluding tert-OH is 2. The van der Waals surface area contributed by atoms with Crippen molar-refractivity contribution in [2.24, 2.45) is 0 Å². The molecule has 0 saturated carbocycles. The lowest BCUT2D eigenvalue weighted by molar-refractivity contribution is -0.143. The second-order valence-electron chi connectivity index (χ2n) is 20.7. The Morgan fingerprint density at radius 3 is 1.13 bits per heavy atom. The van der Waals surface area contributed by atoms with Crippen molar-refractivity contribution in [2.45, 2.75) is 341 Å². The molecule has 0 heterocycles. The molecule has 0 aromatic rings. The molecule has 2 unspecified atom stereocenters. The molecule has 0 aliphatic heterocycles. The molecule has 0 bridgehead atoms. The van der Waals surface area contributed by atoms with E-state index in [0.29, 0.717) is 25.9 Å². The summed E-state index contributed by atoms with van der Waals surface area (Å²) >= 11 is 0. The number of rotatable bonds is 56. The highest BCUT2D eigenvalue weighted by molar-refractivity contribution is 5.76. The van der Waals surface area contributed by atoms with Gasteiger partial charge in [0, 0.05) is 12.8 Å². The maximum absolute atomic E-state index is 12.5. The summed E-state index contributed by atoms with van der Waals surface area (Å²) in [4.78, 5) is 24.5. The summed E-state index contributed by atoms with van der Waals surface area (Å²) < 4.78 is 5.42. The SMILES string of the molecule is CCCCCCCCCCCCCCCCCC(=O)OCC/C=C\C/C=C\CCCCCCCCCCCCCCCCC(=O)NC(CO)C(O)CCCCCCCCCCCCCCCC. The van der Waals surface area contributed by atoms with E-state index in [0.717, 1.165) is 51.4 Å². The molecule has 3 N–H and O–H groups in total. The van der Waals surface area contributed by atoms with Gasteiger partial charge in [-0.15, -0.1) is 0 Å². The van der Waals surface area contributed by atoms with Crippen LogP contribution in [0.2, 0.25) is 0 Å². The summed E-state index contributed by atoms with van der Waals surface area (Å²) in [7, 11) is 0. The van der Waals surface area contributed by atoms with Gasteiger partial charge in [0.1, 0.15) is 0 Å². The minimum atomic E-state index is -0.667. The molecule has 2 atom stereocenters. The Morgan fingerprint density at radius 1 is 0.418 bits per heavy atom. The topological polar surface area (TPSA) is 95.9 Å². The van der Waals surface area contributed by atoms with Gasteiger partial charge in [0.15, 0.2) is 0 Å². The Hall–Kier alpha value is -1.66. The summed E-state index contributed by atoms with van der Waals surface area (Å²) in [6, 6.07) is -0.544. The largest absolute Gasteiger partial charge is 0.465 e. The van der Waals surface area contributed by atoms with Crippen LogP contribution in [0.5, 0.6) is 0 Å². The van der Waals surface area contributed by atoms with Gasteiger partial charge in [-0.05, 0) is 44.9 Å². The fourth-order valence-corrected chi connectivity index (χ4v) is 9.42. The third-order valence-electron chi connectivity index (χ3n) is 14.0. The van der Waals surface area contributed by atoms with Crippen LogP contribution in [0.4, 0.5) is 0 Å². The van der Waals surface area contributed by atoms with Crippen molar-refractivity contribution in [1.82, 2.24) is 5.32 Å². The summed E-state index contributed by atoms with van der Waals surface area (Å²) in [5.74, 6) is -0.0703. The lowest BCUT2D eigenvalue weighted by atomic mass is 10.0. The molecule has 0 aromatic carbocycles. The fourth-order valence-electron chi connectivity index (χ4n) is 9.42. The Labute approximate surface area is 418 Å². The third-order valence-corrected chi connectivity index (χ3v) is 14.0. The zero-order valence-electron chi connectivity index (χ0n) is 45.1. The van der Waals surface area contributed by atoms with Crippen LogP contribution in [0.3, 0.4) is 0 Å². The van der Waals surface area contributed by atoms with Crippen molar-refractivity contribution in [1.29, 1.82) is 0 Å². The lowest BCUT2D eigenvalue weighted by Gasteiger charge is -2.22. The van der Waals surface area contributed by atoms with E-state index in [2.05, 4.69) is 43.5 Å². The first-order valence-corrected chi connectivity index (χ1v) is 30.1. The number of aliphatic hydroxyl groups is 2. The number of hydrogen-bond donors (Lipinski definition) is 3. The average Bonchev–Trinajstić information content (AvgIpc) is 3.33. The molecular weight excluding hydrogens is 827 g/mol.